The normalized spacial score (nSPS) is 10.5. The molecule has 0 heterocycles. The Morgan fingerprint density at radius 1 is 1.10 bits per heavy atom. The standard InChI is InChI=1S/C20H18FN3O2.C5H12/c21-17-11-15(20(26)24-7-8-25)10-16(19(17)23)18(22)14-6-5-12-3-1-2-4-13(12)9-14;1-4-5(2)3/h1-6,9-11,22,25H,7-8,23H2,(H,24,26);5H,4H2,1-3H3. The fraction of sp³-hybridized carbons (Fsp3) is 0.280. The van der Waals surface area contributed by atoms with E-state index in [0.717, 1.165) is 22.8 Å². The van der Waals surface area contributed by atoms with Gasteiger partial charge in [-0.15, -0.1) is 0 Å². The zero-order valence-electron chi connectivity index (χ0n) is 18.2. The van der Waals surface area contributed by atoms with Crippen LogP contribution in [0.25, 0.3) is 10.8 Å². The molecular formula is C25H30FN3O2. The Hall–Kier alpha value is -3.25. The van der Waals surface area contributed by atoms with E-state index in [-0.39, 0.29) is 35.7 Å². The summed E-state index contributed by atoms with van der Waals surface area (Å²) in [6, 6.07) is 15.6. The Balaban J connectivity index is 0.000000614. The number of hydrogen-bond donors (Lipinski definition) is 4. The zero-order chi connectivity index (χ0) is 23.0. The van der Waals surface area contributed by atoms with Gasteiger partial charge < -0.3 is 16.2 Å². The third kappa shape index (κ3) is 6.36. The first-order valence-electron chi connectivity index (χ1n) is 10.3. The van der Waals surface area contributed by atoms with Crippen LogP contribution in [0, 0.1) is 17.1 Å². The number of amides is 1. The van der Waals surface area contributed by atoms with E-state index in [4.69, 9.17) is 16.2 Å². The van der Waals surface area contributed by atoms with E-state index in [9.17, 15) is 9.18 Å². The molecule has 0 aromatic heterocycles. The maximum atomic E-state index is 14.2. The average molecular weight is 424 g/mol. The Morgan fingerprint density at radius 2 is 1.74 bits per heavy atom. The number of nitrogens with two attached hydrogens (primary N) is 1. The molecule has 0 radical (unpaired) electrons. The maximum Gasteiger partial charge on any atom is 0.251 e. The molecule has 0 unspecified atom stereocenters. The van der Waals surface area contributed by atoms with E-state index >= 15 is 0 Å². The number of halogens is 1. The predicted octanol–water partition coefficient (Wildman–Crippen LogP) is 4.75. The number of nitrogens with one attached hydrogen (secondary N) is 2. The molecule has 3 aromatic rings. The van der Waals surface area contributed by atoms with Crippen LogP contribution >= 0.6 is 0 Å². The van der Waals surface area contributed by atoms with Crippen molar-refractivity contribution in [2.24, 2.45) is 5.92 Å². The third-order valence-corrected chi connectivity index (χ3v) is 4.91. The summed E-state index contributed by atoms with van der Waals surface area (Å²) in [5.41, 5.74) is 6.43. The summed E-state index contributed by atoms with van der Waals surface area (Å²) >= 11 is 0. The van der Waals surface area contributed by atoms with E-state index in [1.165, 1.54) is 12.5 Å². The molecule has 0 saturated carbocycles. The lowest BCUT2D eigenvalue weighted by atomic mass is 9.96. The van der Waals surface area contributed by atoms with Crippen LogP contribution < -0.4 is 11.1 Å². The Labute approximate surface area is 182 Å². The van der Waals surface area contributed by atoms with Gasteiger partial charge in [0.05, 0.1) is 18.0 Å². The van der Waals surface area contributed by atoms with Gasteiger partial charge in [0.2, 0.25) is 0 Å². The van der Waals surface area contributed by atoms with Gasteiger partial charge in [0.25, 0.3) is 5.91 Å². The molecule has 0 fully saturated rings. The highest BCUT2D eigenvalue weighted by Gasteiger charge is 2.17. The van der Waals surface area contributed by atoms with Crippen LogP contribution in [0.4, 0.5) is 10.1 Å². The molecule has 0 spiro atoms. The second-order valence-corrected chi connectivity index (χ2v) is 7.64. The third-order valence-electron chi connectivity index (χ3n) is 4.91. The first-order valence-corrected chi connectivity index (χ1v) is 10.3. The summed E-state index contributed by atoms with van der Waals surface area (Å²) in [4.78, 5) is 12.1. The summed E-state index contributed by atoms with van der Waals surface area (Å²) in [5.74, 6) is -0.414. The number of carbonyl (C=O) groups is 1. The molecule has 164 valence electrons. The molecule has 0 aliphatic heterocycles. The highest BCUT2D eigenvalue weighted by atomic mass is 19.1. The lowest BCUT2D eigenvalue weighted by Gasteiger charge is -2.12. The van der Waals surface area contributed by atoms with Crippen LogP contribution in [0.1, 0.15) is 48.7 Å². The molecule has 6 heteroatoms. The Morgan fingerprint density at radius 3 is 2.35 bits per heavy atom. The van der Waals surface area contributed by atoms with Crippen molar-refractivity contribution in [3.05, 3.63) is 77.1 Å². The number of nitrogen functional groups attached to an aromatic ring is 1. The minimum atomic E-state index is -0.762. The zero-order valence-corrected chi connectivity index (χ0v) is 18.2. The van der Waals surface area contributed by atoms with Crippen molar-refractivity contribution in [3.63, 3.8) is 0 Å². The van der Waals surface area contributed by atoms with Crippen LogP contribution in [0.5, 0.6) is 0 Å². The summed E-state index contributed by atoms with van der Waals surface area (Å²) < 4.78 is 14.2. The Bertz CT molecular complexity index is 1060. The number of benzene rings is 3. The smallest absolute Gasteiger partial charge is 0.251 e. The molecule has 3 aromatic carbocycles. The fourth-order valence-corrected chi connectivity index (χ4v) is 2.73. The van der Waals surface area contributed by atoms with Crippen molar-refractivity contribution in [1.29, 1.82) is 5.41 Å². The van der Waals surface area contributed by atoms with E-state index in [1.807, 2.05) is 36.4 Å². The van der Waals surface area contributed by atoms with E-state index in [2.05, 4.69) is 26.1 Å². The molecule has 5 N–H and O–H groups in total. The maximum absolute atomic E-state index is 14.2. The first-order chi connectivity index (χ1) is 14.8. The molecule has 0 bridgehead atoms. The van der Waals surface area contributed by atoms with Gasteiger partial charge in [-0.25, -0.2) is 4.39 Å². The highest BCUT2D eigenvalue weighted by Crippen LogP contribution is 2.24. The number of carbonyl (C=O) groups excluding carboxylic acids is 1. The van der Waals surface area contributed by atoms with Crippen LogP contribution in [0.15, 0.2) is 54.6 Å². The molecule has 5 nitrogen and oxygen atoms in total. The first kappa shape index (κ1) is 24.0. The Kier molecular flexibility index (Phi) is 8.70. The van der Waals surface area contributed by atoms with Crippen molar-refractivity contribution in [2.45, 2.75) is 27.2 Å². The molecule has 0 saturated heterocycles. The van der Waals surface area contributed by atoms with E-state index < -0.39 is 11.7 Å². The number of anilines is 1. The summed E-state index contributed by atoms with van der Waals surface area (Å²) in [5, 5.41) is 21.7. The number of fused-ring (bicyclic) bond motifs is 1. The number of hydrogen-bond acceptors (Lipinski definition) is 4. The van der Waals surface area contributed by atoms with Crippen molar-refractivity contribution < 1.29 is 14.3 Å². The summed E-state index contributed by atoms with van der Waals surface area (Å²) in [6.07, 6.45) is 1.31. The quantitative estimate of drug-likeness (QED) is 0.340. The van der Waals surface area contributed by atoms with Gasteiger partial charge in [0.15, 0.2) is 0 Å². The molecule has 0 atom stereocenters. The van der Waals surface area contributed by atoms with E-state index in [1.54, 1.807) is 6.07 Å². The van der Waals surface area contributed by atoms with Crippen LogP contribution in [-0.4, -0.2) is 29.9 Å². The van der Waals surface area contributed by atoms with Gasteiger partial charge in [0.1, 0.15) is 5.82 Å². The van der Waals surface area contributed by atoms with Crippen molar-refractivity contribution >= 4 is 28.1 Å². The summed E-state index contributed by atoms with van der Waals surface area (Å²) in [7, 11) is 0. The monoisotopic (exact) mass is 423 g/mol. The van der Waals surface area contributed by atoms with Gasteiger partial charge in [0, 0.05) is 23.2 Å². The minimum absolute atomic E-state index is 0.0314. The molecule has 1 amide bonds. The SMILES string of the molecule is CCC(C)C.N=C(c1ccc2ccccc2c1)c1cc(C(=O)NCCO)cc(F)c1N. The lowest BCUT2D eigenvalue weighted by molar-refractivity contribution is 0.0944. The van der Waals surface area contributed by atoms with Gasteiger partial charge in [-0.3, -0.25) is 10.2 Å². The van der Waals surface area contributed by atoms with Crippen LogP contribution in [-0.2, 0) is 0 Å². The number of rotatable bonds is 6. The van der Waals surface area contributed by atoms with Crippen LogP contribution in [0.2, 0.25) is 0 Å². The van der Waals surface area contributed by atoms with Crippen molar-refractivity contribution in [3.8, 4) is 0 Å². The number of aliphatic hydroxyl groups excluding tert-OH is 1. The molecule has 0 aliphatic rings. The van der Waals surface area contributed by atoms with Crippen molar-refractivity contribution in [2.75, 3.05) is 18.9 Å². The predicted molar refractivity (Wildman–Crippen MR) is 125 cm³/mol. The molecule has 31 heavy (non-hydrogen) atoms. The highest BCUT2D eigenvalue weighted by molar-refractivity contribution is 6.16. The van der Waals surface area contributed by atoms with Gasteiger partial charge in [-0.1, -0.05) is 63.6 Å². The molecular weight excluding hydrogens is 393 g/mol. The van der Waals surface area contributed by atoms with E-state index in [0.29, 0.717) is 5.56 Å². The summed E-state index contributed by atoms with van der Waals surface area (Å²) in [6.45, 7) is 6.48. The van der Waals surface area contributed by atoms with Crippen molar-refractivity contribution in [1.82, 2.24) is 5.32 Å². The fourth-order valence-electron chi connectivity index (χ4n) is 2.73. The molecule has 3 rings (SSSR count). The second-order valence-electron chi connectivity index (χ2n) is 7.64. The topological polar surface area (TPSA) is 99.2 Å². The van der Waals surface area contributed by atoms with Gasteiger partial charge in [-0.2, -0.15) is 0 Å². The van der Waals surface area contributed by atoms with Gasteiger partial charge >= 0.3 is 0 Å². The molecule has 0 aliphatic carbocycles. The minimum Gasteiger partial charge on any atom is -0.396 e. The second kappa shape index (κ2) is 11.2. The lowest BCUT2D eigenvalue weighted by Crippen LogP contribution is -2.27. The largest absolute Gasteiger partial charge is 0.396 e. The average Bonchev–Trinajstić information content (AvgIpc) is 2.78. The number of aliphatic hydroxyl groups is 1. The van der Waals surface area contributed by atoms with Crippen LogP contribution in [0.3, 0.4) is 0 Å². The van der Waals surface area contributed by atoms with Gasteiger partial charge in [-0.05, 0) is 34.9 Å².